The van der Waals surface area contributed by atoms with Gasteiger partial charge in [-0.05, 0) is 34.6 Å². The van der Waals surface area contributed by atoms with E-state index >= 15 is 0 Å². The summed E-state index contributed by atoms with van der Waals surface area (Å²) in [7, 11) is 0. The van der Waals surface area contributed by atoms with Crippen LogP contribution >= 0.6 is 0 Å². The Bertz CT molecular complexity index is 293. The van der Waals surface area contributed by atoms with Gasteiger partial charge in [-0.15, -0.1) is 0 Å². The standard InChI is InChI=1S/C12H22O6/c1-11(2,3)17-10(13)6-8(18-14)9-7-15-12(4,5)16-9/h8-9,14H,6-7H2,1-5H3/t8-,9-/m1/s1. The first-order chi connectivity index (χ1) is 8.13. The fourth-order valence-electron chi connectivity index (χ4n) is 1.68. The number of rotatable bonds is 4. The SMILES string of the molecule is CC(C)(C)OC(=O)C[C@@H](OO)[C@H]1COC(C)(C)O1. The van der Waals surface area contributed by atoms with Crippen LogP contribution in [-0.2, 0) is 23.9 Å². The molecule has 2 atom stereocenters. The van der Waals surface area contributed by atoms with Crippen molar-refractivity contribution in [2.75, 3.05) is 6.61 Å². The molecule has 0 unspecified atom stereocenters. The Balaban J connectivity index is 2.50. The highest BCUT2D eigenvalue weighted by molar-refractivity contribution is 5.70. The Morgan fingerprint density at radius 1 is 1.50 bits per heavy atom. The van der Waals surface area contributed by atoms with Gasteiger partial charge in [0.2, 0.25) is 0 Å². The summed E-state index contributed by atoms with van der Waals surface area (Å²) in [4.78, 5) is 15.9. The van der Waals surface area contributed by atoms with Crippen molar-refractivity contribution >= 4 is 5.97 Å². The average molecular weight is 262 g/mol. The van der Waals surface area contributed by atoms with Crippen molar-refractivity contribution in [1.82, 2.24) is 0 Å². The number of hydrogen-bond donors (Lipinski definition) is 1. The zero-order chi connectivity index (χ0) is 14.0. The number of ether oxygens (including phenoxy) is 3. The van der Waals surface area contributed by atoms with Gasteiger partial charge in [-0.1, -0.05) is 0 Å². The second kappa shape index (κ2) is 5.52. The highest BCUT2D eigenvalue weighted by Crippen LogP contribution is 2.26. The van der Waals surface area contributed by atoms with E-state index in [1.165, 1.54) is 0 Å². The van der Waals surface area contributed by atoms with Crippen molar-refractivity contribution in [1.29, 1.82) is 0 Å². The van der Waals surface area contributed by atoms with E-state index in [1.54, 1.807) is 34.6 Å². The lowest BCUT2D eigenvalue weighted by Gasteiger charge is -2.24. The number of carbonyl (C=O) groups excluding carboxylic acids is 1. The molecular weight excluding hydrogens is 240 g/mol. The molecule has 0 radical (unpaired) electrons. The third-order valence-electron chi connectivity index (χ3n) is 2.37. The Kier molecular flexibility index (Phi) is 4.72. The Hall–Kier alpha value is -0.690. The summed E-state index contributed by atoms with van der Waals surface area (Å²) in [5.41, 5.74) is -0.566. The summed E-state index contributed by atoms with van der Waals surface area (Å²) in [5.74, 6) is -1.18. The number of carbonyl (C=O) groups is 1. The molecule has 0 aromatic heterocycles. The van der Waals surface area contributed by atoms with Crippen molar-refractivity contribution in [3.63, 3.8) is 0 Å². The quantitative estimate of drug-likeness (QED) is 0.472. The van der Waals surface area contributed by atoms with E-state index in [2.05, 4.69) is 4.89 Å². The molecule has 1 aliphatic rings. The minimum absolute atomic E-state index is 0.0854. The van der Waals surface area contributed by atoms with Gasteiger partial charge in [0.25, 0.3) is 0 Å². The Labute approximate surface area is 107 Å². The first-order valence-corrected chi connectivity index (χ1v) is 5.97. The lowest BCUT2D eigenvalue weighted by atomic mass is 10.1. The molecule has 18 heavy (non-hydrogen) atoms. The van der Waals surface area contributed by atoms with Gasteiger partial charge in [-0.25, -0.2) is 4.89 Å². The molecule has 1 aliphatic heterocycles. The van der Waals surface area contributed by atoms with Gasteiger partial charge < -0.3 is 14.2 Å². The summed E-state index contributed by atoms with van der Waals surface area (Å²) >= 11 is 0. The van der Waals surface area contributed by atoms with Crippen molar-refractivity contribution in [3.05, 3.63) is 0 Å². The maximum absolute atomic E-state index is 11.6. The van der Waals surface area contributed by atoms with Crippen molar-refractivity contribution in [2.24, 2.45) is 0 Å². The number of esters is 1. The van der Waals surface area contributed by atoms with Gasteiger partial charge in [-0.3, -0.25) is 10.1 Å². The first-order valence-electron chi connectivity index (χ1n) is 5.97. The van der Waals surface area contributed by atoms with E-state index in [0.29, 0.717) is 0 Å². The summed E-state index contributed by atoms with van der Waals surface area (Å²) in [5, 5.41) is 8.86. The molecule has 0 saturated carbocycles. The highest BCUT2D eigenvalue weighted by Gasteiger charge is 2.39. The molecule has 0 bridgehead atoms. The Morgan fingerprint density at radius 3 is 2.50 bits per heavy atom. The molecule has 1 rings (SSSR count). The maximum Gasteiger partial charge on any atom is 0.309 e. The molecule has 0 amide bonds. The number of hydrogen-bond acceptors (Lipinski definition) is 6. The molecule has 1 saturated heterocycles. The van der Waals surface area contributed by atoms with E-state index in [4.69, 9.17) is 19.5 Å². The smallest absolute Gasteiger partial charge is 0.309 e. The molecule has 106 valence electrons. The van der Waals surface area contributed by atoms with Crippen LogP contribution in [0.1, 0.15) is 41.0 Å². The van der Waals surface area contributed by atoms with Gasteiger partial charge >= 0.3 is 5.97 Å². The van der Waals surface area contributed by atoms with Gasteiger partial charge in [0.1, 0.15) is 17.8 Å². The lowest BCUT2D eigenvalue weighted by Crippen LogP contribution is -2.36. The van der Waals surface area contributed by atoms with E-state index in [9.17, 15) is 4.79 Å². The van der Waals surface area contributed by atoms with Crippen molar-refractivity contribution in [3.8, 4) is 0 Å². The van der Waals surface area contributed by atoms with E-state index in [1.807, 2.05) is 0 Å². The third kappa shape index (κ3) is 4.89. The van der Waals surface area contributed by atoms with Crippen LogP contribution in [0.25, 0.3) is 0 Å². The fourth-order valence-corrected chi connectivity index (χ4v) is 1.68. The fraction of sp³-hybridized carbons (Fsp3) is 0.917. The summed E-state index contributed by atoms with van der Waals surface area (Å²) in [6.07, 6.45) is -1.36. The monoisotopic (exact) mass is 262 g/mol. The van der Waals surface area contributed by atoms with Crippen molar-refractivity contribution < 1.29 is 29.1 Å². The predicted octanol–water partition coefficient (Wildman–Crippen LogP) is 1.73. The molecule has 0 spiro atoms. The summed E-state index contributed by atoms with van der Waals surface area (Å²) < 4.78 is 16.0. The summed E-state index contributed by atoms with van der Waals surface area (Å²) in [6, 6.07) is 0. The molecular formula is C12H22O6. The highest BCUT2D eigenvalue weighted by atomic mass is 17.1. The second-order valence-corrected chi connectivity index (χ2v) is 5.80. The second-order valence-electron chi connectivity index (χ2n) is 5.80. The van der Waals surface area contributed by atoms with Crippen LogP contribution in [0.15, 0.2) is 0 Å². The van der Waals surface area contributed by atoms with Gasteiger partial charge in [-0.2, -0.15) is 0 Å². The molecule has 0 aromatic carbocycles. The van der Waals surface area contributed by atoms with Crippen LogP contribution in [0.5, 0.6) is 0 Å². The molecule has 1 N–H and O–H groups in total. The molecule has 6 heteroatoms. The summed E-state index contributed by atoms with van der Waals surface area (Å²) in [6.45, 7) is 9.11. The van der Waals surface area contributed by atoms with Crippen LogP contribution in [0, 0.1) is 0 Å². The van der Waals surface area contributed by atoms with Crippen LogP contribution < -0.4 is 0 Å². The van der Waals surface area contributed by atoms with E-state index in [0.717, 1.165) is 0 Å². The lowest BCUT2D eigenvalue weighted by molar-refractivity contribution is -0.302. The molecule has 1 heterocycles. The third-order valence-corrected chi connectivity index (χ3v) is 2.37. The Morgan fingerprint density at radius 2 is 2.11 bits per heavy atom. The average Bonchev–Trinajstić information content (AvgIpc) is 2.52. The predicted molar refractivity (Wildman–Crippen MR) is 62.9 cm³/mol. The topological polar surface area (TPSA) is 74.2 Å². The zero-order valence-electron chi connectivity index (χ0n) is 11.6. The van der Waals surface area contributed by atoms with Gasteiger partial charge in [0.05, 0.1) is 13.0 Å². The molecule has 0 aromatic rings. The largest absolute Gasteiger partial charge is 0.460 e. The van der Waals surface area contributed by atoms with Gasteiger partial charge in [0.15, 0.2) is 5.79 Å². The van der Waals surface area contributed by atoms with Crippen LogP contribution in [0.3, 0.4) is 0 Å². The van der Waals surface area contributed by atoms with Gasteiger partial charge in [0, 0.05) is 0 Å². The molecule has 1 fully saturated rings. The van der Waals surface area contributed by atoms with E-state index < -0.39 is 29.6 Å². The first kappa shape index (κ1) is 15.4. The maximum atomic E-state index is 11.6. The molecule has 6 nitrogen and oxygen atoms in total. The van der Waals surface area contributed by atoms with Crippen LogP contribution in [-0.4, -0.2) is 41.4 Å². The van der Waals surface area contributed by atoms with Crippen LogP contribution in [0.2, 0.25) is 0 Å². The molecule has 0 aliphatic carbocycles. The zero-order valence-corrected chi connectivity index (χ0v) is 11.6. The van der Waals surface area contributed by atoms with Crippen LogP contribution in [0.4, 0.5) is 0 Å². The minimum Gasteiger partial charge on any atom is -0.460 e. The minimum atomic E-state index is -0.790. The van der Waals surface area contributed by atoms with Crippen molar-refractivity contribution in [2.45, 2.75) is 64.6 Å². The normalized spacial score (nSPS) is 24.9. The van der Waals surface area contributed by atoms with E-state index in [-0.39, 0.29) is 13.0 Å².